The van der Waals surface area contributed by atoms with E-state index >= 15 is 0 Å². The second kappa shape index (κ2) is 6.02. The second-order valence-corrected chi connectivity index (χ2v) is 7.21. The number of anilines is 2. The third-order valence-electron chi connectivity index (χ3n) is 3.18. The quantitative estimate of drug-likeness (QED) is 0.829. The summed E-state index contributed by atoms with van der Waals surface area (Å²) < 4.78 is 30.0. The van der Waals surface area contributed by atoms with Gasteiger partial charge >= 0.3 is 0 Å². The maximum atomic E-state index is 11.5. The number of rotatable bonds is 4. The number of hydrogen-bond acceptors (Lipinski definition) is 7. The molecule has 0 atom stereocenters. The van der Waals surface area contributed by atoms with Crippen molar-refractivity contribution in [2.24, 2.45) is 0 Å². The number of ether oxygens (including phenoxy) is 1. The summed E-state index contributed by atoms with van der Waals surface area (Å²) >= 11 is 0. The second-order valence-electron chi connectivity index (χ2n) is 5.23. The third-order valence-corrected chi connectivity index (χ3v) is 4.48. The largest absolute Gasteiger partial charge is 0.473 e. The fourth-order valence-corrected chi connectivity index (χ4v) is 3.00. The molecule has 118 valence electrons. The van der Waals surface area contributed by atoms with Gasteiger partial charge in [0.1, 0.15) is 12.0 Å². The summed E-state index contributed by atoms with van der Waals surface area (Å²) in [7, 11) is -3.15. The predicted molar refractivity (Wildman–Crippen MR) is 80.8 cm³/mol. The number of nitrogens with two attached hydrogens (primary N) is 1. The summed E-state index contributed by atoms with van der Waals surface area (Å²) in [5, 5.41) is 0. The van der Waals surface area contributed by atoms with Crippen LogP contribution in [0.3, 0.4) is 0 Å². The molecule has 1 aromatic heterocycles. The van der Waals surface area contributed by atoms with Gasteiger partial charge in [-0.25, -0.2) is 13.4 Å². The summed E-state index contributed by atoms with van der Waals surface area (Å²) in [6, 6.07) is 0. The van der Waals surface area contributed by atoms with Gasteiger partial charge in [-0.05, 0) is 13.8 Å². The Balaban J connectivity index is 2.14. The first-order chi connectivity index (χ1) is 9.79. The van der Waals surface area contributed by atoms with E-state index in [4.69, 9.17) is 10.5 Å². The van der Waals surface area contributed by atoms with Crippen LogP contribution < -0.4 is 15.4 Å². The van der Waals surface area contributed by atoms with Crippen molar-refractivity contribution in [1.29, 1.82) is 0 Å². The number of piperazine rings is 1. The molecular formula is C12H21N5O3S. The number of aromatic nitrogens is 2. The Bertz CT molecular complexity index is 597. The van der Waals surface area contributed by atoms with Gasteiger partial charge in [-0.3, -0.25) is 0 Å². The van der Waals surface area contributed by atoms with Crippen molar-refractivity contribution in [3.8, 4) is 5.88 Å². The highest BCUT2D eigenvalue weighted by Gasteiger charge is 2.26. The fourth-order valence-electron chi connectivity index (χ4n) is 2.17. The summed E-state index contributed by atoms with van der Waals surface area (Å²) in [6.07, 6.45) is 2.60. The highest BCUT2D eigenvalue weighted by molar-refractivity contribution is 7.88. The average Bonchev–Trinajstić information content (AvgIpc) is 2.40. The first-order valence-electron chi connectivity index (χ1n) is 6.76. The van der Waals surface area contributed by atoms with Crippen LogP contribution in [0.25, 0.3) is 0 Å². The first kappa shape index (κ1) is 15.8. The van der Waals surface area contributed by atoms with E-state index in [1.54, 1.807) is 0 Å². The molecular weight excluding hydrogens is 294 g/mol. The smallest absolute Gasteiger partial charge is 0.242 e. The Labute approximate surface area is 125 Å². The minimum atomic E-state index is -3.15. The highest BCUT2D eigenvalue weighted by Crippen LogP contribution is 2.29. The van der Waals surface area contributed by atoms with Gasteiger partial charge in [0.2, 0.25) is 15.9 Å². The number of sulfonamides is 1. The molecule has 1 aliphatic rings. The molecule has 2 heterocycles. The molecule has 9 heteroatoms. The molecule has 2 rings (SSSR count). The maximum absolute atomic E-state index is 11.5. The molecule has 1 aliphatic heterocycles. The summed E-state index contributed by atoms with van der Waals surface area (Å²) in [5.74, 6) is 0.953. The summed E-state index contributed by atoms with van der Waals surface area (Å²) in [4.78, 5) is 10.2. The van der Waals surface area contributed by atoms with Gasteiger partial charge in [-0.2, -0.15) is 9.29 Å². The van der Waals surface area contributed by atoms with Crippen LogP contribution in [-0.2, 0) is 10.0 Å². The van der Waals surface area contributed by atoms with Crippen molar-refractivity contribution >= 4 is 21.5 Å². The molecule has 21 heavy (non-hydrogen) atoms. The normalized spacial score (nSPS) is 17.2. The number of hydrogen-bond donors (Lipinski definition) is 1. The molecule has 0 radical (unpaired) electrons. The molecule has 1 fully saturated rings. The molecule has 0 bridgehead atoms. The Morgan fingerprint density at radius 3 is 2.38 bits per heavy atom. The van der Waals surface area contributed by atoms with E-state index in [9.17, 15) is 8.42 Å². The minimum Gasteiger partial charge on any atom is -0.473 e. The van der Waals surface area contributed by atoms with E-state index in [0.29, 0.717) is 43.6 Å². The van der Waals surface area contributed by atoms with Crippen LogP contribution in [0.15, 0.2) is 6.33 Å². The molecule has 0 saturated carbocycles. The van der Waals surface area contributed by atoms with E-state index in [0.717, 1.165) is 0 Å². The van der Waals surface area contributed by atoms with Crippen LogP contribution in [0.5, 0.6) is 5.88 Å². The Morgan fingerprint density at radius 2 is 1.86 bits per heavy atom. The zero-order valence-corrected chi connectivity index (χ0v) is 13.3. The summed E-state index contributed by atoms with van der Waals surface area (Å²) in [5.41, 5.74) is 6.45. The monoisotopic (exact) mass is 315 g/mol. The lowest BCUT2D eigenvalue weighted by Gasteiger charge is -2.34. The van der Waals surface area contributed by atoms with Crippen LogP contribution in [0.2, 0.25) is 0 Å². The molecule has 0 aliphatic carbocycles. The Morgan fingerprint density at radius 1 is 1.24 bits per heavy atom. The molecule has 0 unspecified atom stereocenters. The van der Waals surface area contributed by atoms with E-state index in [2.05, 4.69) is 9.97 Å². The van der Waals surface area contributed by atoms with Crippen LogP contribution in [0, 0.1) is 0 Å². The zero-order chi connectivity index (χ0) is 15.6. The number of nitrogen functional groups attached to an aromatic ring is 1. The van der Waals surface area contributed by atoms with Crippen molar-refractivity contribution in [3.05, 3.63) is 6.33 Å². The lowest BCUT2D eigenvalue weighted by Crippen LogP contribution is -2.48. The van der Waals surface area contributed by atoms with E-state index in [1.807, 2.05) is 18.7 Å². The van der Waals surface area contributed by atoms with Crippen LogP contribution >= 0.6 is 0 Å². The lowest BCUT2D eigenvalue weighted by molar-refractivity contribution is 0.234. The molecule has 1 aromatic rings. The predicted octanol–water partition coefficient (Wildman–Crippen LogP) is -0.0724. The molecule has 1 saturated heterocycles. The van der Waals surface area contributed by atoms with E-state index < -0.39 is 10.0 Å². The topological polar surface area (TPSA) is 102 Å². The zero-order valence-electron chi connectivity index (χ0n) is 12.5. The molecule has 0 spiro atoms. The first-order valence-corrected chi connectivity index (χ1v) is 8.61. The maximum Gasteiger partial charge on any atom is 0.242 e. The van der Waals surface area contributed by atoms with Crippen molar-refractivity contribution < 1.29 is 13.2 Å². The Kier molecular flexibility index (Phi) is 4.52. The van der Waals surface area contributed by atoms with E-state index in [1.165, 1.54) is 16.9 Å². The third kappa shape index (κ3) is 3.73. The van der Waals surface area contributed by atoms with Gasteiger partial charge in [0.05, 0.1) is 12.4 Å². The average molecular weight is 315 g/mol. The molecule has 2 N–H and O–H groups in total. The lowest BCUT2D eigenvalue weighted by atomic mass is 10.3. The Hall–Kier alpha value is -1.61. The van der Waals surface area contributed by atoms with Gasteiger partial charge in [0, 0.05) is 26.2 Å². The SMILES string of the molecule is CC(C)Oc1ncnc(N2CCN(S(C)(=O)=O)CC2)c1N. The van der Waals surface area contributed by atoms with E-state index in [-0.39, 0.29) is 6.10 Å². The standard InChI is InChI=1S/C12H21N5O3S/c1-9(2)20-12-10(13)11(14-8-15-12)16-4-6-17(7-5-16)21(3,18)19/h8-9H,4-7,13H2,1-3H3. The van der Waals surface area contributed by atoms with Gasteiger partial charge in [-0.15, -0.1) is 0 Å². The van der Waals surface area contributed by atoms with Gasteiger partial charge in [-0.1, -0.05) is 0 Å². The fraction of sp³-hybridized carbons (Fsp3) is 0.667. The van der Waals surface area contributed by atoms with Crippen LogP contribution in [0.1, 0.15) is 13.8 Å². The van der Waals surface area contributed by atoms with Gasteiger partial charge in [0.15, 0.2) is 5.82 Å². The summed E-state index contributed by atoms with van der Waals surface area (Å²) in [6.45, 7) is 5.70. The van der Waals surface area contributed by atoms with Crippen LogP contribution in [-0.4, -0.2) is 61.2 Å². The minimum absolute atomic E-state index is 0.0304. The van der Waals surface area contributed by atoms with Crippen molar-refractivity contribution in [1.82, 2.24) is 14.3 Å². The van der Waals surface area contributed by atoms with Gasteiger partial charge < -0.3 is 15.4 Å². The molecule has 8 nitrogen and oxygen atoms in total. The highest BCUT2D eigenvalue weighted by atomic mass is 32.2. The van der Waals surface area contributed by atoms with Crippen molar-refractivity contribution in [3.63, 3.8) is 0 Å². The number of nitrogens with zero attached hydrogens (tertiary/aromatic N) is 4. The molecule has 0 amide bonds. The molecule has 0 aromatic carbocycles. The van der Waals surface area contributed by atoms with Crippen LogP contribution in [0.4, 0.5) is 11.5 Å². The van der Waals surface area contributed by atoms with Crippen molar-refractivity contribution in [2.75, 3.05) is 43.1 Å². The van der Waals surface area contributed by atoms with Crippen molar-refractivity contribution in [2.45, 2.75) is 20.0 Å². The van der Waals surface area contributed by atoms with Gasteiger partial charge in [0.25, 0.3) is 0 Å².